The summed E-state index contributed by atoms with van der Waals surface area (Å²) in [6, 6.07) is 0. The Morgan fingerprint density at radius 3 is 2.50 bits per heavy atom. The third kappa shape index (κ3) is 1.02. The molecule has 8 heavy (non-hydrogen) atoms. The molecule has 0 saturated carbocycles. The van der Waals surface area contributed by atoms with Gasteiger partial charge in [-0.25, -0.2) is 0 Å². The Kier molecular flexibility index (Phi) is 1.88. The van der Waals surface area contributed by atoms with Gasteiger partial charge in [0.2, 0.25) is 6.41 Å². The molecule has 3 heteroatoms. The molecule has 0 aliphatic heterocycles. The van der Waals surface area contributed by atoms with Gasteiger partial charge >= 0.3 is 0 Å². The van der Waals surface area contributed by atoms with Crippen molar-refractivity contribution in [2.24, 2.45) is 0 Å². The van der Waals surface area contributed by atoms with E-state index in [-0.39, 0.29) is 0 Å². The summed E-state index contributed by atoms with van der Waals surface area (Å²) in [7, 11) is 0. The van der Waals surface area contributed by atoms with E-state index in [4.69, 9.17) is 0 Å². The van der Waals surface area contributed by atoms with E-state index in [9.17, 15) is 4.79 Å². The molecule has 0 unspecified atom stereocenters. The average Bonchev–Trinajstić information content (AvgIpc) is 1.79. The highest BCUT2D eigenvalue weighted by molar-refractivity contribution is 14.1. The molecule has 1 aliphatic carbocycles. The normalized spacial score (nSPS) is 17.6. The molecule has 1 N–H and O–H groups in total. The maximum Gasteiger partial charge on any atom is 0.211 e. The molecule has 0 aromatic heterocycles. The van der Waals surface area contributed by atoms with Crippen LogP contribution in [0.15, 0.2) is 9.28 Å². The van der Waals surface area contributed by atoms with Gasteiger partial charge < -0.3 is 5.32 Å². The first-order chi connectivity index (χ1) is 3.84. The van der Waals surface area contributed by atoms with Gasteiger partial charge in [-0.3, -0.25) is 4.79 Å². The zero-order valence-corrected chi connectivity index (χ0v) is 6.44. The average molecular weight is 223 g/mol. The topological polar surface area (TPSA) is 29.1 Å². The number of nitrogens with one attached hydrogen (secondary N) is 1. The van der Waals surface area contributed by atoms with Crippen molar-refractivity contribution in [3.05, 3.63) is 9.28 Å². The second kappa shape index (κ2) is 2.48. The van der Waals surface area contributed by atoms with E-state index in [1.807, 2.05) is 0 Å². The van der Waals surface area contributed by atoms with Crippen molar-refractivity contribution >= 4 is 29.0 Å². The van der Waals surface area contributed by atoms with Crippen molar-refractivity contribution in [2.45, 2.75) is 12.8 Å². The van der Waals surface area contributed by atoms with Gasteiger partial charge in [0.15, 0.2) is 0 Å². The Hall–Kier alpha value is -0.0600. The van der Waals surface area contributed by atoms with Gasteiger partial charge in [-0.2, -0.15) is 0 Å². The predicted molar refractivity (Wildman–Crippen MR) is 39.5 cm³/mol. The molecule has 44 valence electrons. The number of halogens is 1. The maximum absolute atomic E-state index is 9.80. The maximum atomic E-state index is 9.80. The standard InChI is InChI=1S/C5H6INO/c6-4-1-2-5(4)7-3-8/h3H,1-2H2,(H,7,8). The highest BCUT2D eigenvalue weighted by atomic mass is 127. The summed E-state index contributed by atoms with van der Waals surface area (Å²) in [4.78, 5) is 9.80. The fourth-order valence-electron chi connectivity index (χ4n) is 0.566. The van der Waals surface area contributed by atoms with E-state index in [1.165, 1.54) is 3.58 Å². The van der Waals surface area contributed by atoms with Gasteiger partial charge in [-0.1, -0.05) is 0 Å². The second-order valence-electron chi connectivity index (χ2n) is 1.65. The largest absolute Gasteiger partial charge is 0.332 e. The summed E-state index contributed by atoms with van der Waals surface area (Å²) in [6.45, 7) is 0. The van der Waals surface area contributed by atoms with Crippen LogP contribution in [0.4, 0.5) is 0 Å². The number of amides is 1. The SMILES string of the molecule is O=CNC1=C(I)CC1. The number of carbonyl (C=O) groups excluding carboxylic acids is 1. The Morgan fingerprint density at radius 1 is 1.62 bits per heavy atom. The lowest BCUT2D eigenvalue weighted by Gasteiger charge is -2.16. The van der Waals surface area contributed by atoms with Crippen molar-refractivity contribution in [2.75, 3.05) is 0 Å². The first-order valence-corrected chi connectivity index (χ1v) is 3.50. The van der Waals surface area contributed by atoms with E-state index in [1.54, 1.807) is 0 Å². The number of allylic oxidation sites excluding steroid dienone is 2. The summed E-state index contributed by atoms with van der Waals surface area (Å²) in [5, 5.41) is 2.62. The van der Waals surface area contributed by atoms with Gasteiger partial charge in [-0.05, 0) is 35.4 Å². The minimum Gasteiger partial charge on any atom is -0.332 e. The Labute approximate surface area is 61.5 Å². The molecule has 0 bridgehead atoms. The smallest absolute Gasteiger partial charge is 0.211 e. The lowest BCUT2D eigenvalue weighted by Crippen LogP contribution is -2.16. The van der Waals surface area contributed by atoms with E-state index < -0.39 is 0 Å². The van der Waals surface area contributed by atoms with Crippen molar-refractivity contribution in [1.82, 2.24) is 5.32 Å². The van der Waals surface area contributed by atoms with Crippen LogP contribution in [0.2, 0.25) is 0 Å². The Balaban J connectivity index is 2.46. The molecule has 0 saturated heterocycles. The van der Waals surface area contributed by atoms with Crippen LogP contribution < -0.4 is 5.32 Å². The molecule has 0 atom stereocenters. The minimum absolute atomic E-state index is 0.729. The zero-order valence-electron chi connectivity index (χ0n) is 4.28. The van der Waals surface area contributed by atoms with E-state index >= 15 is 0 Å². The van der Waals surface area contributed by atoms with Crippen LogP contribution in [0.25, 0.3) is 0 Å². The predicted octanol–water partition coefficient (Wildman–Crippen LogP) is 1.17. The minimum atomic E-state index is 0.729. The first kappa shape index (κ1) is 6.07. The van der Waals surface area contributed by atoms with E-state index in [0.717, 1.165) is 24.9 Å². The van der Waals surface area contributed by atoms with Gasteiger partial charge in [0.05, 0.1) is 0 Å². The molecule has 1 aliphatic rings. The lowest BCUT2D eigenvalue weighted by molar-refractivity contribution is -0.109. The molecule has 1 amide bonds. The second-order valence-corrected chi connectivity index (χ2v) is 2.95. The van der Waals surface area contributed by atoms with Crippen LogP contribution >= 0.6 is 22.6 Å². The summed E-state index contributed by atoms with van der Waals surface area (Å²) < 4.78 is 1.29. The monoisotopic (exact) mass is 223 g/mol. The fourth-order valence-corrected chi connectivity index (χ4v) is 1.26. The molecule has 0 aromatic carbocycles. The number of carbonyl (C=O) groups is 1. The Morgan fingerprint density at radius 2 is 2.38 bits per heavy atom. The molecule has 0 aromatic rings. The number of hydrogen-bond acceptors (Lipinski definition) is 1. The van der Waals surface area contributed by atoms with Crippen LogP contribution in [0, 0.1) is 0 Å². The molecule has 2 nitrogen and oxygen atoms in total. The summed E-state index contributed by atoms with van der Waals surface area (Å²) in [5.41, 5.74) is 1.10. The first-order valence-electron chi connectivity index (χ1n) is 2.42. The van der Waals surface area contributed by atoms with Crippen molar-refractivity contribution in [3.63, 3.8) is 0 Å². The van der Waals surface area contributed by atoms with Crippen molar-refractivity contribution < 1.29 is 4.79 Å². The number of rotatable bonds is 2. The molecule has 0 radical (unpaired) electrons. The molecule has 1 rings (SSSR count). The summed E-state index contributed by atoms with van der Waals surface area (Å²) in [6.07, 6.45) is 2.90. The molecule has 0 fully saturated rings. The summed E-state index contributed by atoms with van der Waals surface area (Å²) in [5.74, 6) is 0. The van der Waals surface area contributed by atoms with E-state index in [2.05, 4.69) is 27.9 Å². The van der Waals surface area contributed by atoms with Gasteiger partial charge in [-0.15, -0.1) is 0 Å². The van der Waals surface area contributed by atoms with E-state index in [0.29, 0.717) is 0 Å². The van der Waals surface area contributed by atoms with Gasteiger partial charge in [0.1, 0.15) is 0 Å². The van der Waals surface area contributed by atoms with Crippen LogP contribution in [0.5, 0.6) is 0 Å². The zero-order chi connectivity index (χ0) is 5.98. The molecule has 0 spiro atoms. The fraction of sp³-hybridized carbons (Fsp3) is 0.400. The van der Waals surface area contributed by atoms with Crippen LogP contribution in [-0.4, -0.2) is 6.41 Å². The Bertz CT molecular complexity index is 141. The van der Waals surface area contributed by atoms with Gasteiger partial charge in [0, 0.05) is 9.28 Å². The van der Waals surface area contributed by atoms with Crippen molar-refractivity contribution in [1.29, 1.82) is 0 Å². The van der Waals surface area contributed by atoms with Crippen molar-refractivity contribution in [3.8, 4) is 0 Å². The molecular formula is C5H6INO. The third-order valence-electron chi connectivity index (χ3n) is 1.16. The molecular weight excluding hydrogens is 217 g/mol. The van der Waals surface area contributed by atoms with Crippen LogP contribution in [0.3, 0.4) is 0 Å². The van der Waals surface area contributed by atoms with Gasteiger partial charge in [0.25, 0.3) is 0 Å². The van der Waals surface area contributed by atoms with Crippen LogP contribution in [0.1, 0.15) is 12.8 Å². The summed E-state index contributed by atoms with van der Waals surface area (Å²) >= 11 is 2.24. The van der Waals surface area contributed by atoms with Crippen LogP contribution in [-0.2, 0) is 4.79 Å². The lowest BCUT2D eigenvalue weighted by atomic mass is 10.1. The third-order valence-corrected chi connectivity index (χ3v) is 2.35. The quantitative estimate of drug-likeness (QED) is 0.552. The highest BCUT2D eigenvalue weighted by Gasteiger charge is 2.12. The number of hydrogen-bond donors (Lipinski definition) is 1. The molecule has 0 heterocycles. The highest BCUT2D eigenvalue weighted by Crippen LogP contribution is 2.30.